The van der Waals surface area contributed by atoms with E-state index in [1.807, 2.05) is 7.05 Å². The molecule has 2 nitrogen and oxygen atoms in total. The monoisotopic (exact) mass is 126 g/mol. The van der Waals surface area contributed by atoms with Gasteiger partial charge >= 0.3 is 0 Å². The molecule has 1 heterocycles. The van der Waals surface area contributed by atoms with Crippen LogP contribution in [0.25, 0.3) is 0 Å². The topological polar surface area (TPSA) is 15.3 Å². The lowest BCUT2D eigenvalue weighted by Gasteiger charge is -2.25. The number of hydrogen-bond acceptors (Lipinski definition) is 2. The van der Waals surface area contributed by atoms with Gasteiger partial charge in [0, 0.05) is 19.6 Å². The van der Waals surface area contributed by atoms with Crippen molar-refractivity contribution in [2.24, 2.45) is 0 Å². The summed E-state index contributed by atoms with van der Waals surface area (Å²) in [4.78, 5) is 2.20. The Kier molecular flexibility index (Phi) is 2.11. The number of likely N-dealkylation sites (N-methyl/N-ethyl adjacent to an activating group) is 2. The molecule has 2 heteroatoms. The highest BCUT2D eigenvalue weighted by Gasteiger charge is 2.08. The molecular weight excluding hydrogens is 112 g/mol. The Hall–Kier alpha value is -0.500. The zero-order chi connectivity index (χ0) is 6.69. The number of hydrogen-bond donors (Lipinski definition) is 1. The smallest absolute Gasteiger partial charge is 0.0326 e. The van der Waals surface area contributed by atoms with Crippen LogP contribution < -0.4 is 5.32 Å². The Morgan fingerprint density at radius 1 is 1.67 bits per heavy atom. The van der Waals surface area contributed by atoms with Gasteiger partial charge in [0.2, 0.25) is 0 Å². The van der Waals surface area contributed by atoms with Crippen LogP contribution in [0.4, 0.5) is 0 Å². The first kappa shape index (κ1) is 6.62. The maximum absolute atomic E-state index is 3.24. The van der Waals surface area contributed by atoms with E-state index in [1.54, 1.807) is 0 Å². The lowest BCUT2D eigenvalue weighted by Crippen LogP contribution is -2.37. The van der Waals surface area contributed by atoms with Gasteiger partial charge in [-0.25, -0.2) is 0 Å². The van der Waals surface area contributed by atoms with Crippen LogP contribution >= 0.6 is 0 Å². The van der Waals surface area contributed by atoms with Crippen molar-refractivity contribution in [3.8, 4) is 0 Å². The van der Waals surface area contributed by atoms with E-state index in [0.29, 0.717) is 6.04 Å². The minimum atomic E-state index is 0.653. The second-order valence-electron chi connectivity index (χ2n) is 2.55. The second kappa shape index (κ2) is 2.87. The molecule has 0 bridgehead atoms. The molecule has 0 spiro atoms. The zero-order valence-electron chi connectivity index (χ0n) is 6.09. The first-order chi connectivity index (χ1) is 4.33. The largest absolute Gasteiger partial charge is 0.379 e. The van der Waals surface area contributed by atoms with Crippen molar-refractivity contribution < 1.29 is 0 Å². The molecule has 0 saturated carbocycles. The highest BCUT2D eigenvalue weighted by Crippen LogP contribution is 2.02. The summed E-state index contributed by atoms with van der Waals surface area (Å²) in [6.45, 7) is 1.13. The summed E-state index contributed by atoms with van der Waals surface area (Å²) in [5, 5.41) is 3.24. The molecule has 0 aromatic rings. The minimum Gasteiger partial charge on any atom is -0.379 e. The maximum atomic E-state index is 3.24. The van der Waals surface area contributed by atoms with Crippen molar-refractivity contribution in [3.05, 3.63) is 12.3 Å². The van der Waals surface area contributed by atoms with Crippen molar-refractivity contribution in [1.29, 1.82) is 0 Å². The summed E-state index contributed by atoms with van der Waals surface area (Å²) in [7, 11) is 4.11. The van der Waals surface area contributed by atoms with E-state index < -0.39 is 0 Å². The van der Waals surface area contributed by atoms with Crippen molar-refractivity contribution in [2.75, 3.05) is 20.6 Å². The first-order valence-electron chi connectivity index (χ1n) is 3.37. The van der Waals surface area contributed by atoms with E-state index in [1.165, 1.54) is 6.42 Å². The van der Waals surface area contributed by atoms with Crippen LogP contribution in [0, 0.1) is 0 Å². The molecule has 52 valence electrons. The molecule has 0 fully saturated rings. The molecule has 1 aliphatic heterocycles. The Balaban J connectivity index is 2.38. The molecule has 1 rings (SSSR count). The quantitative estimate of drug-likeness (QED) is 0.548. The fraction of sp³-hybridized carbons (Fsp3) is 0.714. The SMILES string of the molecule is CNC1CC=CN(C)C1. The number of nitrogens with one attached hydrogen (secondary N) is 1. The fourth-order valence-electron chi connectivity index (χ4n) is 1.10. The number of rotatable bonds is 1. The van der Waals surface area contributed by atoms with E-state index >= 15 is 0 Å². The average molecular weight is 126 g/mol. The predicted molar refractivity (Wildman–Crippen MR) is 39.2 cm³/mol. The van der Waals surface area contributed by atoms with E-state index in [2.05, 4.69) is 29.5 Å². The Bertz CT molecular complexity index is 109. The zero-order valence-corrected chi connectivity index (χ0v) is 6.09. The number of nitrogens with zero attached hydrogens (tertiary/aromatic N) is 1. The molecule has 0 aromatic heterocycles. The predicted octanol–water partition coefficient (Wildman–Crippen LogP) is 0.424. The van der Waals surface area contributed by atoms with E-state index in [0.717, 1.165) is 6.54 Å². The lowest BCUT2D eigenvalue weighted by atomic mass is 10.1. The maximum Gasteiger partial charge on any atom is 0.0326 e. The highest BCUT2D eigenvalue weighted by atomic mass is 15.1. The first-order valence-corrected chi connectivity index (χ1v) is 3.37. The molecule has 1 aliphatic rings. The second-order valence-corrected chi connectivity index (χ2v) is 2.55. The van der Waals surface area contributed by atoms with Gasteiger partial charge in [-0.05, 0) is 19.7 Å². The molecule has 0 aliphatic carbocycles. The average Bonchev–Trinajstić information content (AvgIpc) is 1.88. The minimum absolute atomic E-state index is 0.653. The van der Waals surface area contributed by atoms with Gasteiger partial charge in [-0.3, -0.25) is 0 Å². The van der Waals surface area contributed by atoms with Crippen molar-refractivity contribution in [2.45, 2.75) is 12.5 Å². The third-order valence-corrected chi connectivity index (χ3v) is 1.70. The Morgan fingerprint density at radius 3 is 2.89 bits per heavy atom. The van der Waals surface area contributed by atoms with Crippen molar-refractivity contribution in [1.82, 2.24) is 10.2 Å². The van der Waals surface area contributed by atoms with Crippen LogP contribution in [-0.4, -0.2) is 31.6 Å². The van der Waals surface area contributed by atoms with Crippen molar-refractivity contribution in [3.63, 3.8) is 0 Å². The molecule has 0 amide bonds. The molecule has 0 saturated heterocycles. The van der Waals surface area contributed by atoms with Gasteiger partial charge < -0.3 is 10.2 Å². The summed E-state index contributed by atoms with van der Waals surface area (Å²) >= 11 is 0. The van der Waals surface area contributed by atoms with Gasteiger partial charge in [0.25, 0.3) is 0 Å². The normalized spacial score (nSPS) is 26.9. The molecule has 0 aromatic carbocycles. The summed E-state index contributed by atoms with van der Waals surface area (Å²) in [5.41, 5.74) is 0. The van der Waals surface area contributed by atoms with Crippen molar-refractivity contribution >= 4 is 0 Å². The molecule has 1 atom stereocenters. The third kappa shape index (κ3) is 1.72. The summed E-state index contributed by atoms with van der Waals surface area (Å²) < 4.78 is 0. The lowest BCUT2D eigenvalue weighted by molar-refractivity contribution is 0.360. The molecular formula is C7H14N2. The van der Waals surface area contributed by atoms with E-state index in [-0.39, 0.29) is 0 Å². The van der Waals surface area contributed by atoms with Crippen LogP contribution in [0.2, 0.25) is 0 Å². The summed E-state index contributed by atoms with van der Waals surface area (Å²) in [6, 6.07) is 0.653. The molecule has 1 N–H and O–H groups in total. The molecule has 1 unspecified atom stereocenters. The fourth-order valence-corrected chi connectivity index (χ4v) is 1.10. The van der Waals surface area contributed by atoms with E-state index in [9.17, 15) is 0 Å². The standard InChI is InChI=1S/C7H14N2/c1-8-7-4-3-5-9(2)6-7/h3,5,7-8H,4,6H2,1-2H3. The van der Waals surface area contributed by atoms with Gasteiger partial charge in [0.15, 0.2) is 0 Å². The third-order valence-electron chi connectivity index (χ3n) is 1.70. The molecule has 9 heavy (non-hydrogen) atoms. The van der Waals surface area contributed by atoms with E-state index in [4.69, 9.17) is 0 Å². The van der Waals surface area contributed by atoms with Gasteiger partial charge in [0.1, 0.15) is 0 Å². The van der Waals surface area contributed by atoms with Gasteiger partial charge in [-0.15, -0.1) is 0 Å². The summed E-state index contributed by atoms with van der Waals surface area (Å²) in [5.74, 6) is 0. The Labute approximate surface area is 56.5 Å². The van der Waals surface area contributed by atoms with Crippen LogP contribution in [0.1, 0.15) is 6.42 Å². The van der Waals surface area contributed by atoms with Crippen LogP contribution in [-0.2, 0) is 0 Å². The van der Waals surface area contributed by atoms with Gasteiger partial charge in [-0.1, -0.05) is 6.08 Å². The van der Waals surface area contributed by atoms with Crippen LogP contribution in [0.3, 0.4) is 0 Å². The van der Waals surface area contributed by atoms with Crippen LogP contribution in [0.5, 0.6) is 0 Å². The van der Waals surface area contributed by atoms with Crippen LogP contribution in [0.15, 0.2) is 12.3 Å². The molecule has 0 radical (unpaired) electrons. The Morgan fingerprint density at radius 2 is 2.44 bits per heavy atom. The van der Waals surface area contributed by atoms with Gasteiger partial charge in [0.05, 0.1) is 0 Å². The summed E-state index contributed by atoms with van der Waals surface area (Å²) in [6.07, 6.45) is 5.50. The van der Waals surface area contributed by atoms with Gasteiger partial charge in [-0.2, -0.15) is 0 Å². The highest BCUT2D eigenvalue weighted by molar-refractivity contribution is 4.92.